The lowest BCUT2D eigenvalue weighted by molar-refractivity contribution is 0.0526. The second-order valence-corrected chi connectivity index (χ2v) is 11.6. The van der Waals surface area contributed by atoms with Crippen molar-refractivity contribution in [3.8, 4) is 11.3 Å². The van der Waals surface area contributed by atoms with Gasteiger partial charge in [0.2, 0.25) is 0 Å². The molecule has 1 atom stereocenters. The van der Waals surface area contributed by atoms with Gasteiger partial charge in [-0.25, -0.2) is 9.79 Å². The average Bonchev–Trinajstić information content (AvgIpc) is 3.74. The zero-order valence-electron chi connectivity index (χ0n) is 21.6. The van der Waals surface area contributed by atoms with Crippen molar-refractivity contribution in [3.63, 3.8) is 0 Å². The molecule has 0 amide bonds. The molecule has 40 heavy (non-hydrogen) atoms. The van der Waals surface area contributed by atoms with E-state index < -0.39 is 0 Å². The molecule has 0 saturated heterocycles. The molecule has 0 saturated carbocycles. The zero-order chi connectivity index (χ0) is 27.2. The number of allylic oxidation sites excluding steroid dienone is 1. The monoisotopic (exact) mass is 564 g/mol. The van der Waals surface area contributed by atoms with Crippen molar-refractivity contribution in [3.05, 3.63) is 131 Å². The van der Waals surface area contributed by atoms with E-state index in [1.807, 2.05) is 28.8 Å². The number of aryl methyl sites for hydroxylation is 1. The average molecular weight is 565 g/mol. The van der Waals surface area contributed by atoms with E-state index in [-0.39, 0.29) is 17.6 Å². The minimum absolute atomic E-state index is 0.0742. The highest BCUT2D eigenvalue weighted by Crippen LogP contribution is 2.42. The third-order valence-corrected chi connectivity index (χ3v) is 9.15. The molecule has 198 valence electrons. The van der Waals surface area contributed by atoms with Gasteiger partial charge in [0.25, 0.3) is 5.56 Å². The molecule has 2 aliphatic rings. The van der Waals surface area contributed by atoms with E-state index in [0.29, 0.717) is 33.0 Å². The van der Waals surface area contributed by atoms with Crippen molar-refractivity contribution in [2.45, 2.75) is 25.8 Å². The number of hydrogen-bond donors (Lipinski definition) is 0. The predicted molar refractivity (Wildman–Crippen MR) is 157 cm³/mol. The van der Waals surface area contributed by atoms with Crippen LogP contribution in [0.5, 0.6) is 0 Å². The van der Waals surface area contributed by atoms with E-state index in [2.05, 4.69) is 35.7 Å². The summed E-state index contributed by atoms with van der Waals surface area (Å²) in [6.07, 6.45) is 3.59. The van der Waals surface area contributed by atoms with Gasteiger partial charge in [0.15, 0.2) is 4.80 Å². The lowest BCUT2D eigenvalue weighted by atomic mass is 9.85. The fraction of sp³-hybridized carbons (Fsp3) is 0.156. The first-order valence-corrected chi connectivity index (χ1v) is 14.8. The number of nitrogens with zero attached hydrogens (tertiary/aromatic N) is 2. The third-order valence-electron chi connectivity index (χ3n) is 7.24. The summed E-state index contributed by atoms with van der Waals surface area (Å²) in [6, 6.07) is 23.2. The fourth-order valence-corrected chi connectivity index (χ4v) is 7.28. The minimum Gasteiger partial charge on any atom is -0.462 e. The highest BCUT2D eigenvalue weighted by molar-refractivity contribution is 7.10. The molecule has 4 heterocycles. The topological polar surface area (TPSA) is 73.8 Å². The molecule has 7 rings (SSSR count). The second-order valence-electron chi connectivity index (χ2n) is 9.63. The predicted octanol–water partition coefficient (Wildman–Crippen LogP) is 5.82. The van der Waals surface area contributed by atoms with Gasteiger partial charge in [-0.2, -0.15) is 0 Å². The summed E-state index contributed by atoms with van der Waals surface area (Å²) in [5, 5.41) is 2.06. The molecule has 0 radical (unpaired) electrons. The highest BCUT2D eigenvalue weighted by Gasteiger charge is 2.33. The van der Waals surface area contributed by atoms with Crippen molar-refractivity contribution >= 4 is 40.4 Å². The van der Waals surface area contributed by atoms with Crippen LogP contribution >= 0.6 is 22.7 Å². The summed E-state index contributed by atoms with van der Waals surface area (Å²) in [6.45, 7) is 2.09. The van der Waals surface area contributed by atoms with Gasteiger partial charge < -0.3 is 9.15 Å². The molecule has 6 nitrogen and oxygen atoms in total. The van der Waals surface area contributed by atoms with Gasteiger partial charge in [0, 0.05) is 22.1 Å². The summed E-state index contributed by atoms with van der Waals surface area (Å²) in [5.41, 5.74) is 5.79. The van der Waals surface area contributed by atoms with Gasteiger partial charge in [-0.1, -0.05) is 53.8 Å². The van der Waals surface area contributed by atoms with E-state index in [9.17, 15) is 9.59 Å². The van der Waals surface area contributed by atoms with E-state index >= 15 is 0 Å². The van der Waals surface area contributed by atoms with Crippen LogP contribution in [0, 0.1) is 0 Å². The third kappa shape index (κ3) is 4.20. The van der Waals surface area contributed by atoms with Gasteiger partial charge in [-0.15, -0.1) is 11.3 Å². The molecule has 8 heteroatoms. The number of rotatable bonds is 5. The minimum atomic E-state index is -0.372. The van der Waals surface area contributed by atoms with E-state index in [0.717, 1.165) is 34.5 Å². The van der Waals surface area contributed by atoms with Crippen LogP contribution in [0.2, 0.25) is 0 Å². The smallest absolute Gasteiger partial charge is 0.338 e. The first kappa shape index (κ1) is 24.7. The summed E-state index contributed by atoms with van der Waals surface area (Å²) in [7, 11) is 0. The van der Waals surface area contributed by atoms with Gasteiger partial charge in [-0.3, -0.25) is 9.36 Å². The van der Waals surface area contributed by atoms with Crippen molar-refractivity contribution < 1.29 is 13.9 Å². The van der Waals surface area contributed by atoms with Crippen LogP contribution in [-0.4, -0.2) is 17.1 Å². The van der Waals surface area contributed by atoms with Crippen molar-refractivity contribution in [1.82, 2.24) is 4.57 Å². The number of fused-ring (bicyclic) bond motifs is 3. The Balaban J connectivity index is 1.32. The number of benzene rings is 2. The lowest BCUT2D eigenvalue weighted by Crippen LogP contribution is -2.38. The molecular weight excluding hydrogens is 540 g/mol. The summed E-state index contributed by atoms with van der Waals surface area (Å²) >= 11 is 3.05. The summed E-state index contributed by atoms with van der Waals surface area (Å²) in [4.78, 5) is 32.9. The SMILES string of the molecule is CCOC(=O)c1cccc(-c2ccc(/C=c3/sc4n(c3=O)[C@@H](c3cccs3)C3=C(N=4)c4ccccc4CC3)o2)c1. The highest BCUT2D eigenvalue weighted by atomic mass is 32.1. The number of esters is 1. The second kappa shape index (κ2) is 10.0. The maximum Gasteiger partial charge on any atom is 0.338 e. The zero-order valence-corrected chi connectivity index (χ0v) is 23.3. The van der Waals surface area contributed by atoms with Gasteiger partial charge in [0.05, 0.1) is 28.4 Å². The van der Waals surface area contributed by atoms with Crippen LogP contribution in [-0.2, 0) is 11.2 Å². The molecule has 0 fully saturated rings. The quantitative estimate of drug-likeness (QED) is 0.252. The standard InChI is InChI=1S/C32H24N2O4S2/c1-2-37-31(36)21-9-5-8-20(17-21)25-15-13-22(38-25)18-27-30(35)34-29(26-11-6-16-39-26)24-14-12-19-7-3-4-10-23(19)28(24)33-32(34)40-27/h3-11,13,15-18,29H,2,12,14H2,1H3/b27-18+/t29-/m1/s1. The number of ether oxygens (including phenoxy) is 1. The van der Waals surface area contributed by atoms with Gasteiger partial charge in [-0.05, 0) is 66.6 Å². The van der Waals surface area contributed by atoms with Gasteiger partial charge in [0.1, 0.15) is 11.5 Å². The maximum absolute atomic E-state index is 13.9. The molecule has 2 aromatic carbocycles. The number of hydrogen-bond acceptors (Lipinski definition) is 7. The van der Waals surface area contributed by atoms with Crippen LogP contribution in [0.25, 0.3) is 23.1 Å². The molecule has 5 aromatic rings. The van der Waals surface area contributed by atoms with Crippen molar-refractivity contribution in [1.29, 1.82) is 0 Å². The molecule has 3 aromatic heterocycles. The number of thiazole rings is 1. The Kier molecular flexibility index (Phi) is 6.21. The van der Waals surface area contributed by atoms with Crippen LogP contribution in [0.4, 0.5) is 0 Å². The van der Waals surface area contributed by atoms with Crippen LogP contribution in [0.15, 0.2) is 98.0 Å². The Bertz CT molecular complexity index is 1970. The molecule has 0 unspecified atom stereocenters. The van der Waals surface area contributed by atoms with Gasteiger partial charge >= 0.3 is 5.97 Å². The van der Waals surface area contributed by atoms with Crippen molar-refractivity contribution in [2.24, 2.45) is 4.99 Å². The first-order valence-electron chi connectivity index (χ1n) is 13.1. The van der Waals surface area contributed by atoms with Crippen LogP contribution in [0.3, 0.4) is 0 Å². The molecule has 1 aliphatic heterocycles. The summed E-state index contributed by atoms with van der Waals surface area (Å²) < 4.78 is 13.6. The van der Waals surface area contributed by atoms with Crippen LogP contribution < -0.4 is 14.9 Å². The normalized spacial score (nSPS) is 16.2. The van der Waals surface area contributed by atoms with E-state index in [1.54, 1.807) is 42.5 Å². The molecule has 0 bridgehead atoms. The maximum atomic E-state index is 13.9. The number of carbonyl (C=O) groups excluding carboxylic acids is 1. The molecule has 0 N–H and O–H groups in total. The fourth-order valence-electron chi connectivity index (χ4n) is 5.45. The molecule has 0 spiro atoms. The van der Waals surface area contributed by atoms with E-state index in [4.69, 9.17) is 14.1 Å². The van der Waals surface area contributed by atoms with Crippen molar-refractivity contribution in [2.75, 3.05) is 6.61 Å². The van der Waals surface area contributed by atoms with Crippen LogP contribution in [0.1, 0.15) is 51.5 Å². The number of thiophene rings is 1. The lowest BCUT2D eigenvalue weighted by Gasteiger charge is -2.30. The molecular formula is C32H24N2O4S2. The Morgan fingerprint density at radius 2 is 2.00 bits per heavy atom. The Morgan fingerprint density at radius 1 is 1.10 bits per heavy atom. The Hall–Kier alpha value is -4.27. The Morgan fingerprint density at radius 3 is 2.85 bits per heavy atom. The number of carbonyl (C=O) groups is 1. The molecule has 1 aliphatic carbocycles. The number of furan rings is 1. The summed E-state index contributed by atoms with van der Waals surface area (Å²) in [5.74, 6) is 0.792. The number of aromatic nitrogens is 1. The van der Waals surface area contributed by atoms with E-state index in [1.165, 1.54) is 22.5 Å². The first-order chi connectivity index (χ1) is 19.6. The largest absolute Gasteiger partial charge is 0.462 e. The Labute approximate surface area is 237 Å².